The number of rotatable bonds is 2. The topological polar surface area (TPSA) is 23.6 Å². The quantitative estimate of drug-likeness (QED) is 0.770. The van der Waals surface area contributed by atoms with Gasteiger partial charge >= 0.3 is 0 Å². The average molecular weight is 270 g/mol. The Balaban J connectivity index is 0.000000573. The van der Waals surface area contributed by atoms with Crippen LogP contribution in [0.3, 0.4) is 0 Å². The summed E-state index contributed by atoms with van der Waals surface area (Å²) in [5.74, 6) is 0. The van der Waals surface area contributed by atoms with Crippen LogP contribution in [0.15, 0.2) is 0 Å². The predicted molar refractivity (Wildman–Crippen MR) is 83.6 cm³/mol. The summed E-state index contributed by atoms with van der Waals surface area (Å²) in [6.07, 6.45) is 9.84. The predicted octanol–water partition coefficient (Wildman–Crippen LogP) is 3.19. The maximum absolute atomic E-state index is 8.00. The van der Waals surface area contributed by atoms with Crippen molar-refractivity contribution in [3.63, 3.8) is 0 Å². The van der Waals surface area contributed by atoms with Gasteiger partial charge in [-0.1, -0.05) is 33.1 Å². The summed E-state index contributed by atoms with van der Waals surface area (Å²) >= 11 is 0. The molecular formula is C16H34N2O. The van der Waals surface area contributed by atoms with E-state index in [0.717, 1.165) is 6.04 Å². The highest BCUT2D eigenvalue weighted by Gasteiger charge is 2.22. The highest BCUT2D eigenvalue weighted by atomic mass is 16.1. The number of likely N-dealkylation sites (N-methyl/N-ethyl adjacent to an activating group) is 1. The Bertz CT molecular complexity index is 193. The molecule has 0 aromatic rings. The zero-order valence-electron chi connectivity index (χ0n) is 13.4. The maximum Gasteiger partial charge on any atom is 0.106 e. The summed E-state index contributed by atoms with van der Waals surface area (Å²) in [6, 6.07) is 0.849. The number of likely N-dealkylation sites (tertiary alicyclic amines) is 2. The number of hydrogen-bond acceptors (Lipinski definition) is 3. The third-order valence-corrected chi connectivity index (χ3v) is 3.84. The summed E-state index contributed by atoms with van der Waals surface area (Å²) in [7, 11) is 2.30. The van der Waals surface area contributed by atoms with E-state index in [-0.39, 0.29) is 0 Å². The molecule has 2 aliphatic rings. The average Bonchev–Trinajstić information content (AvgIpc) is 2.46. The number of nitrogens with zero attached hydrogens (tertiary/aromatic N) is 2. The van der Waals surface area contributed by atoms with Gasteiger partial charge < -0.3 is 14.6 Å². The zero-order valence-corrected chi connectivity index (χ0v) is 13.4. The van der Waals surface area contributed by atoms with E-state index in [0.29, 0.717) is 0 Å². The van der Waals surface area contributed by atoms with Crippen molar-refractivity contribution in [3.8, 4) is 0 Å². The molecule has 0 saturated carbocycles. The third kappa shape index (κ3) is 8.38. The van der Waals surface area contributed by atoms with Gasteiger partial charge in [0.2, 0.25) is 0 Å². The fraction of sp³-hybridized carbons (Fsp3) is 0.938. The molecule has 0 radical (unpaired) electrons. The molecule has 0 N–H and O–H groups in total. The second-order valence-electron chi connectivity index (χ2n) is 5.70. The lowest BCUT2D eigenvalue weighted by Crippen LogP contribution is -2.46. The summed E-state index contributed by atoms with van der Waals surface area (Å²) in [4.78, 5) is 13.2. The Morgan fingerprint density at radius 1 is 0.947 bits per heavy atom. The molecule has 19 heavy (non-hydrogen) atoms. The molecule has 0 spiro atoms. The SMILES string of the molecule is C=O.CCC.CN1CCCCC1CN1CCCCC1. The van der Waals surface area contributed by atoms with E-state index in [2.05, 4.69) is 30.7 Å². The lowest BCUT2D eigenvalue weighted by molar-refractivity contribution is -0.0979. The van der Waals surface area contributed by atoms with Crippen LogP contribution in [-0.2, 0) is 4.79 Å². The van der Waals surface area contributed by atoms with Gasteiger partial charge in [0.05, 0.1) is 0 Å². The first-order chi connectivity index (χ1) is 9.27. The molecule has 2 aliphatic heterocycles. The summed E-state index contributed by atoms with van der Waals surface area (Å²) in [6.45, 7) is 11.6. The summed E-state index contributed by atoms with van der Waals surface area (Å²) in [5.41, 5.74) is 0. The number of piperidine rings is 2. The van der Waals surface area contributed by atoms with Gasteiger partial charge in [-0.3, -0.25) is 0 Å². The van der Waals surface area contributed by atoms with Crippen LogP contribution in [-0.4, -0.2) is 55.9 Å². The van der Waals surface area contributed by atoms with E-state index in [1.165, 1.54) is 71.1 Å². The van der Waals surface area contributed by atoms with Gasteiger partial charge in [0, 0.05) is 12.6 Å². The highest BCUT2D eigenvalue weighted by molar-refractivity contribution is 5.10. The molecule has 0 aromatic heterocycles. The Hall–Kier alpha value is -0.410. The first kappa shape index (κ1) is 18.6. The van der Waals surface area contributed by atoms with Gasteiger partial charge in [0.25, 0.3) is 0 Å². The van der Waals surface area contributed by atoms with E-state index in [9.17, 15) is 0 Å². The van der Waals surface area contributed by atoms with E-state index in [4.69, 9.17) is 4.79 Å². The minimum absolute atomic E-state index is 0.849. The molecule has 2 rings (SSSR count). The fourth-order valence-electron chi connectivity index (χ4n) is 2.81. The Morgan fingerprint density at radius 2 is 1.47 bits per heavy atom. The van der Waals surface area contributed by atoms with Crippen molar-refractivity contribution >= 4 is 6.79 Å². The monoisotopic (exact) mass is 270 g/mol. The van der Waals surface area contributed by atoms with Crippen LogP contribution in [0.4, 0.5) is 0 Å². The highest BCUT2D eigenvalue weighted by Crippen LogP contribution is 2.18. The van der Waals surface area contributed by atoms with Crippen molar-refractivity contribution in [2.75, 3.05) is 33.2 Å². The third-order valence-electron chi connectivity index (χ3n) is 3.84. The van der Waals surface area contributed by atoms with Crippen molar-refractivity contribution in [2.45, 2.75) is 64.8 Å². The van der Waals surface area contributed by atoms with Crippen molar-refractivity contribution in [2.24, 2.45) is 0 Å². The molecule has 0 bridgehead atoms. The molecule has 0 aliphatic carbocycles. The van der Waals surface area contributed by atoms with Gasteiger partial charge in [0.1, 0.15) is 6.79 Å². The molecule has 114 valence electrons. The van der Waals surface area contributed by atoms with Crippen molar-refractivity contribution in [1.29, 1.82) is 0 Å². The minimum atomic E-state index is 0.849. The van der Waals surface area contributed by atoms with Gasteiger partial charge in [-0.2, -0.15) is 0 Å². The van der Waals surface area contributed by atoms with Crippen molar-refractivity contribution in [3.05, 3.63) is 0 Å². The lowest BCUT2D eigenvalue weighted by Gasteiger charge is -2.37. The van der Waals surface area contributed by atoms with Crippen molar-refractivity contribution in [1.82, 2.24) is 9.80 Å². The fourth-order valence-corrected chi connectivity index (χ4v) is 2.81. The van der Waals surface area contributed by atoms with E-state index < -0.39 is 0 Å². The number of carbonyl (C=O) groups is 1. The number of carbonyl (C=O) groups excluding carboxylic acids is 1. The zero-order chi connectivity index (χ0) is 14.5. The van der Waals surface area contributed by atoms with Crippen LogP contribution in [0.25, 0.3) is 0 Å². The smallest absolute Gasteiger partial charge is 0.106 e. The first-order valence-electron chi connectivity index (χ1n) is 7.99. The number of hydrogen-bond donors (Lipinski definition) is 0. The Morgan fingerprint density at radius 3 is 2.00 bits per heavy atom. The Kier molecular flexibility index (Phi) is 12.3. The molecule has 0 aromatic carbocycles. The van der Waals surface area contributed by atoms with Crippen LogP contribution in [0.1, 0.15) is 58.8 Å². The van der Waals surface area contributed by atoms with Crippen LogP contribution >= 0.6 is 0 Å². The van der Waals surface area contributed by atoms with Crippen molar-refractivity contribution < 1.29 is 4.79 Å². The van der Waals surface area contributed by atoms with E-state index in [1.807, 2.05) is 6.79 Å². The van der Waals surface area contributed by atoms with Crippen LogP contribution in [0, 0.1) is 0 Å². The first-order valence-corrected chi connectivity index (χ1v) is 7.99. The van der Waals surface area contributed by atoms with Crippen LogP contribution in [0.5, 0.6) is 0 Å². The molecule has 1 atom stereocenters. The molecule has 2 saturated heterocycles. The van der Waals surface area contributed by atoms with Crippen LogP contribution < -0.4 is 0 Å². The largest absolute Gasteiger partial charge is 0.307 e. The molecule has 1 unspecified atom stereocenters. The van der Waals surface area contributed by atoms with E-state index in [1.54, 1.807) is 0 Å². The van der Waals surface area contributed by atoms with Gasteiger partial charge in [-0.25, -0.2) is 0 Å². The van der Waals surface area contributed by atoms with Gasteiger partial charge in [-0.05, 0) is 52.4 Å². The standard InChI is InChI=1S/C12H24N2.C3H8.CH2O/c1-13-8-6-3-7-12(13)11-14-9-4-2-5-10-14;1-3-2;1-2/h12H,2-11H2,1H3;3H2,1-2H3;1H2. The molecular weight excluding hydrogens is 236 g/mol. The second-order valence-corrected chi connectivity index (χ2v) is 5.70. The molecule has 3 heteroatoms. The van der Waals surface area contributed by atoms with Gasteiger partial charge in [0.15, 0.2) is 0 Å². The minimum Gasteiger partial charge on any atom is -0.307 e. The maximum atomic E-state index is 8.00. The Labute approximate surface area is 120 Å². The molecule has 2 fully saturated rings. The normalized spacial score (nSPS) is 24.7. The summed E-state index contributed by atoms with van der Waals surface area (Å²) < 4.78 is 0. The van der Waals surface area contributed by atoms with E-state index >= 15 is 0 Å². The second kappa shape index (κ2) is 12.6. The van der Waals surface area contributed by atoms with Crippen LogP contribution in [0.2, 0.25) is 0 Å². The lowest BCUT2D eigenvalue weighted by atomic mass is 10.0. The molecule has 2 heterocycles. The summed E-state index contributed by atoms with van der Waals surface area (Å²) in [5, 5.41) is 0. The van der Waals surface area contributed by atoms with Gasteiger partial charge in [-0.15, -0.1) is 0 Å². The molecule has 3 nitrogen and oxygen atoms in total. The molecule has 0 amide bonds.